The van der Waals surface area contributed by atoms with Crippen LogP contribution >= 0.6 is 0 Å². The number of urea groups is 1. The van der Waals surface area contributed by atoms with Crippen LogP contribution in [0.1, 0.15) is 6.92 Å². The van der Waals surface area contributed by atoms with Crippen molar-refractivity contribution in [3.05, 3.63) is 42.0 Å². The van der Waals surface area contributed by atoms with Gasteiger partial charge in [-0.3, -0.25) is 19.4 Å². The molecule has 2 unspecified atom stereocenters. The molecule has 2 atom stereocenters. The van der Waals surface area contributed by atoms with Gasteiger partial charge in [0, 0.05) is 24.6 Å². The van der Waals surface area contributed by atoms with Gasteiger partial charge in [0.05, 0.1) is 0 Å². The fourth-order valence-electron chi connectivity index (χ4n) is 3.56. The first-order chi connectivity index (χ1) is 12.8. The molecule has 140 valence electrons. The predicted octanol–water partition coefficient (Wildman–Crippen LogP) is 0.253. The van der Waals surface area contributed by atoms with Crippen LogP contribution in [0.5, 0.6) is 0 Å². The van der Waals surface area contributed by atoms with E-state index in [1.54, 1.807) is 28.1 Å². The van der Waals surface area contributed by atoms with Gasteiger partial charge in [-0.15, -0.1) is 0 Å². The van der Waals surface area contributed by atoms with Crippen molar-refractivity contribution < 1.29 is 18.8 Å². The van der Waals surface area contributed by atoms with Crippen molar-refractivity contribution in [1.82, 2.24) is 14.7 Å². The summed E-state index contributed by atoms with van der Waals surface area (Å²) in [7, 11) is 1.52. The number of guanidine groups is 1. The predicted molar refractivity (Wildman–Crippen MR) is 93.6 cm³/mol. The second-order valence-corrected chi connectivity index (χ2v) is 6.56. The van der Waals surface area contributed by atoms with E-state index in [1.807, 2.05) is 6.92 Å². The number of carbonyl (C=O) groups is 3. The van der Waals surface area contributed by atoms with Crippen LogP contribution in [0, 0.1) is 5.82 Å². The zero-order valence-electron chi connectivity index (χ0n) is 14.7. The van der Waals surface area contributed by atoms with E-state index in [-0.39, 0.29) is 5.82 Å². The Labute approximate surface area is 154 Å². The molecular formula is C17H17FN6O3. The van der Waals surface area contributed by atoms with E-state index in [2.05, 4.69) is 4.99 Å². The zero-order chi connectivity index (χ0) is 19.5. The van der Waals surface area contributed by atoms with Gasteiger partial charge in [0.15, 0.2) is 12.2 Å². The van der Waals surface area contributed by atoms with Crippen LogP contribution in [-0.4, -0.2) is 64.3 Å². The molecule has 2 N–H and O–H groups in total. The standard InChI is InChI=1S/C17H17FN6O3/c1-9-7-22-13-14(21(2)17(27)23(15(13)26)8-12(19)25)20-16(22)24(9)11-5-3-10(18)4-6-11/h3-7,13-14H,8H2,1-2H3,(H2,19,25). The number of anilines is 1. The van der Waals surface area contributed by atoms with Crippen molar-refractivity contribution in [2.45, 2.75) is 19.1 Å². The second-order valence-electron chi connectivity index (χ2n) is 6.56. The average molecular weight is 372 g/mol. The molecule has 4 rings (SSSR count). The number of imide groups is 1. The third kappa shape index (κ3) is 2.44. The van der Waals surface area contributed by atoms with Crippen LogP contribution in [-0.2, 0) is 9.59 Å². The first-order valence-electron chi connectivity index (χ1n) is 8.26. The molecule has 1 aromatic carbocycles. The summed E-state index contributed by atoms with van der Waals surface area (Å²) in [6, 6.07) is 4.47. The van der Waals surface area contributed by atoms with Gasteiger partial charge in [0.2, 0.25) is 11.9 Å². The van der Waals surface area contributed by atoms with Crippen molar-refractivity contribution in [3.63, 3.8) is 0 Å². The monoisotopic (exact) mass is 372 g/mol. The maximum atomic E-state index is 13.3. The van der Waals surface area contributed by atoms with Crippen LogP contribution in [0.3, 0.4) is 0 Å². The number of nitrogens with two attached hydrogens (primary N) is 1. The van der Waals surface area contributed by atoms with E-state index in [0.29, 0.717) is 11.6 Å². The third-order valence-electron chi connectivity index (χ3n) is 4.79. The average Bonchev–Trinajstić information content (AvgIpc) is 3.12. The fourth-order valence-corrected chi connectivity index (χ4v) is 3.56. The molecule has 0 bridgehead atoms. The Balaban J connectivity index is 1.71. The van der Waals surface area contributed by atoms with Gasteiger partial charge in [-0.1, -0.05) is 0 Å². The number of halogens is 1. The molecule has 1 saturated heterocycles. The van der Waals surface area contributed by atoms with E-state index in [9.17, 15) is 18.8 Å². The van der Waals surface area contributed by atoms with E-state index >= 15 is 0 Å². The number of nitrogens with zero attached hydrogens (tertiary/aromatic N) is 5. The highest BCUT2D eigenvalue weighted by Gasteiger charge is 2.54. The van der Waals surface area contributed by atoms with Gasteiger partial charge in [-0.05, 0) is 31.2 Å². The molecule has 3 aliphatic heterocycles. The van der Waals surface area contributed by atoms with Crippen molar-refractivity contribution in [2.24, 2.45) is 10.7 Å². The van der Waals surface area contributed by atoms with E-state index in [0.717, 1.165) is 10.6 Å². The molecule has 10 heteroatoms. The van der Waals surface area contributed by atoms with Crippen molar-refractivity contribution in [1.29, 1.82) is 0 Å². The number of amides is 4. The highest BCUT2D eigenvalue weighted by molar-refractivity contribution is 6.10. The third-order valence-corrected chi connectivity index (χ3v) is 4.79. The molecule has 0 aromatic heterocycles. The van der Waals surface area contributed by atoms with E-state index in [4.69, 9.17) is 5.73 Å². The van der Waals surface area contributed by atoms with Crippen LogP contribution in [0.4, 0.5) is 14.9 Å². The highest BCUT2D eigenvalue weighted by Crippen LogP contribution is 2.36. The highest BCUT2D eigenvalue weighted by atomic mass is 19.1. The largest absolute Gasteiger partial charge is 0.368 e. The molecular weight excluding hydrogens is 355 g/mol. The molecule has 27 heavy (non-hydrogen) atoms. The van der Waals surface area contributed by atoms with Gasteiger partial charge in [-0.25, -0.2) is 14.2 Å². The molecule has 0 radical (unpaired) electrons. The van der Waals surface area contributed by atoms with Crippen LogP contribution in [0.25, 0.3) is 0 Å². The Morgan fingerprint density at radius 2 is 1.93 bits per heavy atom. The summed E-state index contributed by atoms with van der Waals surface area (Å²) in [6.45, 7) is 1.35. The number of hydrogen-bond acceptors (Lipinski definition) is 6. The maximum Gasteiger partial charge on any atom is 0.328 e. The Kier molecular flexibility index (Phi) is 3.65. The number of fused-ring (bicyclic) bond motifs is 3. The van der Waals surface area contributed by atoms with E-state index in [1.165, 1.54) is 24.1 Å². The van der Waals surface area contributed by atoms with Gasteiger partial charge >= 0.3 is 6.03 Å². The van der Waals surface area contributed by atoms with Crippen LogP contribution in [0.2, 0.25) is 0 Å². The van der Waals surface area contributed by atoms with Crippen LogP contribution in [0.15, 0.2) is 41.2 Å². The molecule has 1 aromatic rings. The molecule has 3 heterocycles. The Morgan fingerprint density at radius 3 is 2.56 bits per heavy atom. The molecule has 4 amide bonds. The van der Waals surface area contributed by atoms with Crippen molar-refractivity contribution in [3.8, 4) is 0 Å². The maximum absolute atomic E-state index is 13.3. The van der Waals surface area contributed by atoms with Gasteiger partial charge < -0.3 is 15.5 Å². The lowest BCUT2D eigenvalue weighted by atomic mass is 10.1. The summed E-state index contributed by atoms with van der Waals surface area (Å²) < 4.78 is 13.3. The Morgan fingerprint density at radius 1 is 1.26 bits per heavy atom. The molecule has 0 saturated carbocycles. The summed E-state index contributed by atoms with van der Waals surface area (Å²) in [5.74, 6) is -1.21. The quantitative estimate of drug-likeness (QED) is 0.820. The minimum atomic E-state index is -0.789. The lowest BCUT2D eigenvalue weighted by Crippen LogP contribution is -2.65. The number of allylic oxidation sites excluding steroid dienone is 1. The number of likely N-dealkylation sites (N-methyl/N-ethyl adjacent to an activating group) is 1. The molecule has 3 aliphatic rings. The zero-order valence-corrected chi connectivity index (χ0v) is 14.7. The Hall–Kier alpha value is -3.43. The number of carbonyl (C=O) groups excluding carboxylic acids is 3. The van der Waals surface area contributed by atoms with Crippen LogP contribution < -0.4 is 10.6 Å². The Bertz CT molecular complexity index is 912. The normalized spacial score (nSPS) is 24.1. The summed E-state index contributed by atoms with van der Waals surface area (Å²) >= 11 is 0. The van der Waals surface area contributed by atoms with Crippen molar-refractivity contribution >= 4 is 29.5 Å². The number of rotatable bonds is 3. The number of hydrogen-bond donors (Lipinski definition) is 1. The minimum Gasteiger partial charge on any atom is -0.368 e. The molecule has 0 spiro atoms. The topological polar surface area (TPSA) is 103 Å². The summed E-state index contributed by atoms with van der Waals surface area (Å²) in [5, 5.41) is 0. The second kappa shape index (κ2) is 5.79. The van der Waals surface area contributed by atoms with E-state index < -0.39 is 36.6 Å². The number of aliphatic imine (C=N–C) groups is 1. The summed E-state index contributed by atoms with van der Waals surface area (Å²) in [6.07, 6.45) is 1.02. The molecule has 0 aliphatic carbocycles. The first kappa shape index (κ1) is 17.0. The first-order valence-corrected chi connectivity index (χ1v) is 8.26. The number of primary amides is 1. The lowest BCUT2D eigenvalue weighted by Gasteiger charge is -2.39. The SMILES string of the molecule is CC1=CN2C(=NC3C2C(=O)N(CC(N)=O)C(=O)N3C)N1c1ccc(F)cc1. The summed E-state index contributed by atoms with van der Waals surface area (Å²) in [4.78, 5) is 46.8. The van der Waals surface area contributed by atoms with Gasteiger partial charge in [-0.2, -0.15) is 0 Å². The number of benzene rings is 1. The van der Waals surface area contributed by atoms with Gasteiger partial charge in [0.1, 0.15) is 12.4 Å². The molecule has 9 nitrogen and oxygen atoms in total. The van der Waals surface area contributed by atoms with Crippen molar-refractivity contribution in [2.75, 3.05) is 18.5 Å². The fraction of sp³-hybridized carbons (Fsp3) is 0.294. The smallest absolute Gasteiger partial charge is 0.328 e. The molecule has 1 fully saturated rings. The summed E-state index contributed by atoms with van der Waals surface area (Å²) in [5.41, 5.74) is 6.64. The lowest BCUT2D eigenvalue weighted by molar-refractivity contribution is -0.139. The minimum absolute atomic E-state index is 0.360. The van der Waals surface area contributed by atoms with Gasteiger partial charge in [0.25, 0.3) is 5.91 Å².